The number of fused-ring (bicyclic) bond motifs is 3. The fraction of sp³-hybridized carbons (Fsp3) is 0.0400. The normalized spacial score (nSPS) is 11.1. The van der Waals surface area contributed by atoms with E-state index in [2.05, 4.69) is 11.4 Å². The topological polar surface area (TPSA) is 55.1 Å². The number of hydrogen-bond acceptors (Lipinski definition) is 3. The van der Waals surface area contributed by atoms with E-state index in [1.807, 2.05) is 67.6 Å². The van der Waals surface area contributed by atoms with Gasteiger partial charge in [-0.3, -0.25) is 4.79 Å². The molecule has 5 heteroatoms. The van der Waals surface area contributed by atoms with E-state index in [1.54, 1.807) is 12.1 Å². The first kappa shape index (κ1) is 18.4. The minimum absolute atomic E-state index is 0.224. The van der Waals surface area contributed by atoms with Gasteiger partial charge in [0.1, 0.15) is 5.52 Å². The van der Waals surface area contributed by atoms with Gasteiger partial charge in [-0.05, 0) is 54.3 Å². The summed E-state index contributed by atoms with van der Waals surface area (Å²) in [6.45, 7) is 1.90. The minimum Gasteiger partial charge on any atom is -0.436 e. The third kappa shape index (κ3) is 3.31. The van der Waals surface area contributed by atoms with Crippen molar-refractivity contribution in [2.75, 3.05) is 5.32 Å². The van der Waals surface area contributed by atoms with E-state index in [0.29, 0.717) is 22.2 Å². The van der Waals surface area contributed by atoms with Crippen LogP contribution in [0.25, 0.3) is 33.3 Å². The van der Waals surface area contributed by atoms with Gasteiger partial charge in [0, 0.05) is 27.2 Å². The maximum atomic E-state index is 12.6. The van der Waals surface area contributed by atoms with E-state index in [9.17, 15) is 4.79 Å². The van der Waals surface area contributed by atoms with E-state index >= 15 is 0 Å². The van der Waals surface area contributed by atoms with Gasteiger partial charge in [-0.1, -0.05) is 54.1 Å². The molecule has 0 radical (unpaired) electrons. The summed E-state index contributed by atoms with van der Waals surface area (Å²) in [5.41, 5.74) is 4.43. The molecule has 0 unspecified atom stereocenters. The predicted octanol–water partition coefficient (Wildman–Crippen LogP) is 6.86. The van der Waals surface area contributed by atoms with Gasteiger partial charge in [0.2, 0.25) is 5.89 Å². The summed E-state index contributed by atoms with van der Waals surface area (Å²) in [6.07, 6.45) is 0. The van der Waals surface area contributed by atoms with Crippen LogP contribution in [0.1, 0.15) is 15.9 Å². The average molecular weight is 413 g/mol. The second-order valence-electron chi connectivity index (χ2n) is 7.15. The third-order valence-electron chi connectivity index (χ3n) is 5.08. The van der Waals surface area contributed by atoms with Crippen LogP contribution < -0.4 is 5.32 Å². The second kappa shape index (κ2) is 7.32. The Hall–Kier alpha value is -3.63. The van der Waals surface area contributed by atoms with Gasteiger partial charge >= 0.3 is 0 Å². The Labute approximate surface area is 178 Å². The Balaban J connectivity index is 1.48. The summed E-state index contributed by atoms with van der Waals surface area (Å²) in [4.78, 5) is 17.3. The number of carbonyl (C=O) groups excluding carboxylic acids is 1. The van der Waals surface area contributed by atoms with Crippen LogP contribution in [0.15, 0.2) is 83.3 Å². The van der Waals surface area contributed by atoms with E-state index < -0.39 is 0 Å². The summed E-state index contributed by atoms with van der Waals surface area (Å²) >= 11 is 6.15. The van der Waals surface area contributed by atoms with E-state index in [0.717, 1.165) is 33.0 Å². The average Bonchev–Trinajstić information content (AvgIpc) is 3.21. The van der Waals surface area contributed by atoms with Crippen LogP contribution in [-0.4, -0.2) is 10.9 Å². The van der Waals surface area contributed by atoms with E-state index in [-0.39, 0.29) is 5.91 Å². The number of oxazole rings is 1. The Morgan fingerprint density at radius 3 is 2.70 bits per heavy atom. The first-order valence-corrected chi connectivity index (χ1v) is 9.92. The molecule has 0 aliphatic carbocycles. The molecular formula is C25H17ClN2O2. The Morgan fingerprint density at radius 1 is 0.967 bits per heavy atom. The number of amides is 1. The molecule has 1 amide bonds. The Kier molecular flexibility index (Phi) is 4.49. The van der Waals surface area contributed by atoms with Crippen molar-refractivity contribution < 1.29 is 9.21 Å². The molecule has 4 nitrogen and oxygen atoms in total. The number of nitrogens with one attached hydrogen (secondary N) is 1. The SMILES string of the molecule is Cc1ccc(C(=O)Nc2cccc(-c3nc4c(ccc5ccccc54)o3)c2)cc1Cl. The number of nitrogens with zero attached hydrogens (tertiary/aromatic N) is 1. The molecule has 4 aromatic carbocycles. The summed E-state index contributed by atoms with van der Waals surface area (Å²) < 4.78 is 5.99. The van der Waals surface area contributed by atoms with Crippen molar-refractivity contribution in [2.24, 2.45) is 0 Å². The van der Waals surface area contributed by atoms with Crippen molar-refractivity contribution >= 4 is 45.1 Å². The number of benzene rings is 4. The molecule has 5 rings (SSSR count). The molecular weight excluding hydrogens is 396 g/mol. The van der Waals surface area contributed by atoms with Gasteiger partial charge in [0.05, 0.1) is 0 Å². The Bertz CT molecular complexity index is 1420. The molecule has 0 spiro atoms. The lowest BCUT2D eigenvalue weighted by molar-refractivity contribution is 0.102. The lowest BCUT2D eigenvalue weighted by Crippen LogP contribution is -2.11. The highest BCUT2D eigenvalue weighted by Gasteiger charge is 2.13. The fourth-order valence-electron chi connectivity index (χ4n) is 3.45. The molecule has 0 aliphatic heterocycles. The van der Waals surface area contributed by atoms with Crippen molar-refractivity contribution in [2.45, 2.75) is 6.92 Å². The zero-order chi connectivity index (χ0) is 20.7. The smallest absolute Gasteiger partial charge is 0.255 e. The maximum absolute atomic E-state index is 12.6. The maximum Gasteiger partial charge on any atom is 0.255 e. The molecule has 5 aromatic rings. The number of rotatable bonds is 3. The number of anilines is 1. The van der Waals surface area contributed by atoms with Crippen molar-refractivity contribution in [1.82, 2.24) is 4.98 Å². The monoisotopic (exact) mass is 412 g/mol. The molecule has 1 aromatic heterocycles. The summed E-state index contributed by atoms with van der Waals surface area (Å²) in [5, 5.41) is 5.64. The van der Waals surface area contributed by atoms with Crippen molar-refractivity contribution in [3.8, 4) is 11.5 Å². The first-order chi connectivity index (χ1) is 14.6. The van der Waals surface area contributed by atoms with Crippen LogP contribution in [0.5, 0.6) is 0 Å². The molecule has 1 N–H and O–H groups in total. The minimum atomic E-state index is -0.224. The van der Waals surface area contributed by atoms with Crippen molar-refractivity contribution in [3.05, 3.63) is 95.0 Å². The first-order valence-electron chi connectivity index (χ1n) is 9.55. The van der Waals surface area contributed by atoms with Crippen LogP contribution in [-0.2, 0) is 0 Å². The van der Waals surface area contributed by atoms with Crippen LogP contribution >= 0.6 is 11.6 Å². The molecule has 0 bridgehead atoms. The number of aromatic nitrogens is 1. The highest BCUT2D eigenvalue weighted by molar-refractivity contribution is 6.31. The summed E-state index contributed by atoms with van der Waals surface area (Å²) in [6, 6.07) is 24.7. The number of hydrogen-bond donors (Lipinski definition) is 1. The summed E-state index contributed by atoms with van der Waals surface area (Å²) in [7, 11) is 0. The van der Waals surface area contributed by atoms with Gasteiger partial charge in [0.15, 0.2) is 5.58 Å². The fourth-order valence-corrected chi connectivity index (χ4v) is 3.63. The van der Waals surface area contributed by atoms with Gasteiger partial charge < -0.3 is 9.73 Å². The molecule has 0 aliphatic rings. The van der Waals surface area contributed by atoms with Crippen LogP contribution in [0.3, 0.4) is 0 Å². The Morgan fingerprint density at radius 2 is 1.83 bits per heavy atom. The zero-order valence-electron chi connectivity index (χ0n) is 16.1. The zero-order valence-corrected chi connectivity index (χ0v) is 16.9. The molecule has 1 heterocycles. The highest BCUT2D eigenvalue weighted by atomic mass is 35.5. The third-order valence-corrected chi connectivity index (χ3v) is 5.49. The highest BCUT2D eigenvalue weighted by Crippen LogP contribution is 2.30. The van der Waals surface area contributed by atoms with Crippen LogP contribution in [0.2, 0.25) is 5.02 Å². The quantitative estimate of drug-likeness (QED) is 0.352. The lowest BCUT2D eigenvalue weighted by atomic mass is 10.1. The predicted molar refractivity (Wildman–Crippen MR) is 121 cm³/mol. The van der Waals surface area contributed by atoms with Gasteiger partial charge in [-0.2, -0.15) is 0 Å². The molecule has 0 saturated heterocycles. The molecule has 0 atom stereocenters. The van der Waals surface area contributed by atoms with Gasteiger partial charge in [0.25, 0.3) is 5.91 Å². The standard InChI is InChI=1S/C25H17ClN2O2/c1-15-9-10-17(14-21(15)26)24(29)27-19-7-4-6-18(13-19)25-28-23-20-8-3-2-5-16(20)11-12-22(23)30-25/h2-14H,1H3,(H,27,29). The second-order valence-corrected chi connectivity index (χ2v) is 7.56. The van der Waals surface area contributed by atoms with Crippen LogP contribution in [0, 0.1) is 6.92 Å². The molecule has 0 saturated carbocycles. The largest absolute Gasteiger partial charge is 0.436 e. The van der Waals surface area contributed by atoms with Crippen LogP contribution in [0.4, 0.5) is 5.69 Å². The van der Waals surface area contributed by atoms with E-state index in [4.69, 9.17) is 21.0 Å². The number of aryl methyl sites for hydroxylation is 1. The van der Waals surface area contributed by atoms with E-state index in [1.165, 1.54) is 0 Å². The number of carbonyl (C=O) groups is 1. The number of halogens is 1. The van der Waals surface area contributed by atoms with Gasteiger partial charge in [-0.15, -0.1) is 0 Å². The molecule has 146 valence electrons. The lowest BCUT2D eigenvalue weighted by Gasteiger charge is -2.07. The van der Waals surface area contributed by atoms with Crippen molar-refractivity contribution in [3.63, 3.8) is 0 Å². The summed E-state index contributed by atoms with van der Waals surface area (Å²) in [5.74, 6) is 0.286. The van der Waals surface area contributed by atoms with Crippen molar-refractivity contribution in [1.29, 1.82) is 0 Å². The van der Waals surface area contributed by atoms with Gasteiger partial charge in [-0.25, -0.2) is 4.98 Å². The molecule has 30 heavy (non-hydrogen) atoms. The molecule has 0 fully saturated rings.